The molecule has 9 heteroatoms. The Kier molecular flexibility index (Phi) is 7.90. The highest BCUT2D eigenvalue weighted by molar-refractivity contribution is 5.96. The van der Waals surface area contributed by atoms with Crippen molar-refractivity contribution in [2.75, 3.05) is 5.32 Å². The van der Waals surface area contributed by atoms with Crippen molar-refractivity contribution in [3.05, 3.63) is 107 Å². The van der Waals surface area contributed by atoms with E-state index in [2.05, 4.69) is 10.3 Å². The van der Waals surface area contributed by atoms with Crippen LogP contribution in [0.2, 0.25) is 0 Å². The van der Waals surface area contributed by atoms with Gasteiger partial charge >= 0.3 is 12.1 Å². The maximum absolute atomic E-state index is 13.1. The van der Waals surface area contributed by atoms with Gasteiger partial charge in [-0.25, -0.2) is 14.8 Å². The number of ether oxygens (including phenoxy) is 1. The Morgan fingerprint density at radius 2 is 1.77 bits per heavy atom. The molecule has 0 atom stereocenters. The second-order valence-corrected chi connectivity index (χ2v) is 9.97. The van der Waals surface area contributed by atoms with Crippen molar-refractivity contribution in [2.24, 2.45) is 0 Å². The van der Waals surface area contributed by atoms with Crippen molar-refractivity contribution in [1.29, 1.82) is 0 Å². The molecule has 0 aliphatic heterocycles. The lowest BCUT2D eigenvalue weighted by Gasteiger charge is -2.21. The summed E-state index contributed by atoms with van der Waals surface area (Å²) >= 11 is 0. The number of carbonyl (C=O) groups excluding carboxylic acids is 1. The van der Waals surface area contributed by atoms with Gasteiger partial charge < -0.3 is 14.5 Å². The monoisotopic (exact) mass is 535 g/mol. The third kappa shape index (κ3) is 7.56. The third-order valence-corrected chi connectivity index (χ3v) is 5.44. The number of halogens is 3. The Bertz CT molecular complexity index is 1490. The van der Waals surface area contributed by atoms with E-state index in [-0.39, 0.29) is 17.3 Å². The molecule has 6 nitrogen and oxygen atoms in total. The smallest absolute Gasteiger partial charge is 0.449 e. The van der Waals surface area contributed by atoms with Gasteiger partial charge in [0.25, 0.3) is 0 Å². The van der Waals surface area contributed by atoms with Gasteiger partial charge in [0, 0.05) is 18.1 Å². The van der Waals surface area contributed by atoms with Crippen molar-refractivity contribution >= 4 is 17.9 Å². The van der Waals surface area contributed by atoms with Crippen LogP contribution in [0, 0.1) is 6.92 Å². The zero-order valence-corrected chi connectivity index (χ0v) is 22.0. The van der Waals surface area contributed by atoms with Crippen LogP contribution in [0.5, 0.6) is 0 Å². The van der Waals surface area contributed by atoms with Crippen LogP contribution in [0.3, 0.4) is 0 Å². The summed E-state index contributed by atoms with van der Waals surface area (Å²) in [6.07, 6.45) is -1.54. The fourth-order valence-electron chi connectivity index (χ4n) is 3.72. The number of alkyl halides is 3. The number of rotatable bonds is 7. The number of furan rings is 1. The minimum absolute atomic E-state index is 0.153. The molecule has 0 saturated heterocycles. The molecule has 4 rings (SSSR count). The minimum atomic E-state index is -4.66. The molecule has 0 spiro atoms. The lowest BCUT2D eigenvalue weighted by molar-refractivity contribution is -0.153. The largest absolute Gasteiger partial charge is 0.455 e. The summed E-state index contributed by atoms with van der Waals surface area (Å²) in [6.45, 7) is 7.05. The first kappa shape index (κ1) is 27.6. The zero-order chi connectivity index (χ0) is 28.2. The highest BCUT2D eigenvalue weighted by Gasteiger charge is 2.34. The van der Waals surface area contributed by atoms with Gasteiger partial charge in [-0.1, -0.05) is 54.1 Å². The molecule has 1 N–H and O–H groups in total. The van der Waals surface area contributed by atoms with Crippen molar-refractivity contribution in [2.45, 2.75) is 45.9 Å². The number of nitrogens with one attached hydrogen (secondary N) is 1. The molecule has 39 heavy (non-hydrogen) atoms. The predicted octanol–water partition coefficient (Wildman–Crippen LogP) is 7.45. The van der Waals surface area contributed by atoms with Gasteiger partial charge in [0.2, 0.25) is 5.76 Å². The van der Waals surface area contributed by atoms with Crippen molar-refractivity contribution in [1.82, 2.24) is 9.97 Å². The number of nitrogens with zero attached hydrogens (tertiary/aromatic N) is 2. The number of hydrogen-bond donors (Lipinski definition) is 1. The highest BCUT2D eigenvalue weighted by atomic mass is 19.4. The molecular weight excluding hydrogens is 507 g/mol. The van der Waals surface area contributed by atoms with E-state index in [1.165, 1.54) is 0 Å². The summed E-state index contributed by atoms with van der Waals surface area (Å²) in [5.74, 6) is -1.88. The lowest BCUT2D eigenvalue weighted by Crippen LogP contribution is -2.27. The summed E-state index contributed by atoms with van der Waals surface area (Å²) in [6, 6.07) is 19.4. The molecule has 0 saturated carbocycles. The molecule has 0 aliphatic carbocycles. The fraction of sp³-hybridized carbons (Fsp3) is 0.233. The molecule has 202 valence electrons. The third-order valence-electron chi connectivity index (χ3n) is 5.44. The topological polar surface area (TPSA) is 77.2 Å². The molecule has 0 fully saturated rings. The second kappa shape index (κ2) is 11.1. The van der Waals surface area contributed by atoms with E-state index < -0.39 is 23.5 Å². The molecule has 0 amide bonds. The SMILES string of the molecule is Cc1cccc(-c2cnc(N/C(=C\c3ccc(C(F)(F)F)o3)C(=O)OC(C)(C)C)c(Cc3ccccc3)n2)c1. The first-order valence-electron chi connectivity index (χ1n) is 12.2. The molecule has 0 aliphatic rings. The van der Waals surface area contributed by atoms with Gasteiger partial charge in [-0.05, 0) is 51.5 Å². The number of hydrogen-bond acceptors (Lipinski definition) is 6. The Morgan fingerprint density at radius 1 is 1.03 bits per heavy atom. The predicted molar refractivity (Wildman–Crippen MR) is 143 cm³/mol. The number of carbonyl (C=O) groups is 1. The van der Waals surface area contributed by atoms with Gasteiger partial charge in [-0.3, -0.25) is 0 Å². The number of esters is 1. The number of aromatic nitrogens is 2. The molecule has 2 heterocycles. The summed E-state index contributed by atoms with van der Waals surface area (Å²) in [5.41, 5.74) is 3.06. The van der Waals surface area contributed by atoms with Crippen LogP contribution < -0.4 is 5.32 Å². The Hall–Kier alpha value is -4.40. The molecule has 2 aromatic heterocycles. The summed E-state index contributed by atoms with van der Waals surface area (Å²) in [4.78, 5) is 22.5. The first-order chi connectivity index (χ1) is 18.4. The normalized spacial score (nSPS) is 12.3. The van der Waals surface area contributed by atoms with Crippen molar-refractivity contribution in [3.63, 3.8) is 0 Å². The van der Waals surface area contributed by atoms with E-state index >= 15 is 0 Å². The van der Waals surface area contributed by atoms with E-state index in [1.807, 2.05) is 61.5 Å². The summed E-state index contributed by atoms with van der Waals surface area (Å²) in [5, 5.41) is 2.95. The number of benzene rings is 2. The molecule has 2 aromatic carbocycles. The van der Waals surface area contributed by atoms with Crippen LogP contribution in [-0.2, 0) is 22.1 Å². The quantitative estimate of drug-likeness (QED) is 0.196. The van der Waals surface area contributed by atoms with Gasteiger partial charge in [0.15, 0.2) is 5.82 Å². The average molecular weight is 536 g/mol. The first-order valence-corrected chi connectivity index (χ1v) is 12.2. The maximum Gasteiger partial charge on any atom is 0.449 e. The van der Waals surface area contributed by atoms with Gasteiger partial charge in [-0.15, -0.1) is 0 Å². The van der Waals surface area contributed by atoms with Crippen LogP contribution in [0.15, 0.2) is 83.0 Å². The minimum Gasteiger partial charge on any atom is -0.455 e. The van der Waals surface area contributed by atoms with Crippen LogP contribution >= 0.6 is 0 Å². The standard InChI is InChI=1S/C30H28F3N3O3/c1-19-9-8-12-21(15-19)25-18-34-27(23(35-25)16-20-10-6-5-7-11-20)36-24(28(37)39-29(2,3)4)17-22-13-14-26(38-22)30(31,32)33/h5-15,17-18H,16H2,1-4H3,(H,34,36)/b24-17-. The Labute approximate surface area is 224 Å². The highest BCUT2D eigenvalue weighted by Crippen LogP contribution is 2.31. The van der Waals surface area contributed by atoms with Crippen LogP contribution in [0.25, 0.3) is 17.3 Å². The van der Waals surface area contributed by atoms with Crippen LogP contribution in [-0.4, -0.2) is 21.5 Å². The van der Waals surface area contributed by atoms with Crippen LogP contribution in [0.1, 0.15) is 49.1 Å². The van der Waals surface area contributed by atoms with Crippen molar-refractivity contribution in [3.8, 4) is 11.3 Å². The van der Waals surface area contributed by atoms with E-state index in [4.69, 9.17) is 14.1 Å². The van der Waals surface area contributed by atoms with Gasteiger partial charge in [0.05, 0.1) is 17.6 Å². The van der Waals surface area contributed by atoms with Gasteiger partial charge in [0.1, 0.15) is 17.1 Å². The lowest BCUT2D eigenvalue weighted by atomic mass is 10.1. The second-order valence-electron chi connectivity index (χ2n) is 9.97. The molecule has 0 unspecified atom stereocenters. The number of aryl methyl sites for hydroxylation is 1. The van der Waals surface area contributed by atoms with Crippen LogP contribution in [0.4, 0.5) is 19.0 Å². The summed E-state index contributed by atoms with van der Waals surface area (Å²) < 4.78 is 49.7. The van der Waals surface area contributed by atoms with E-state index in [0.717, 1.165) is 34.9 Å². The zero-order valence-electron chi connectivity index (χ0n) is 22.0. The Morgan fingerprint density at radius 3 is 2.41 bits per heavy atom. The summed E-state index contributed by atoms with van der Waals surface area (Å²) in [7, 11) is 0. The van der Waals surface area contributed by atoms with E-state index in [1.54, 1.807) is 27.0 Å². The fourth-order valence-corrected chi connectivity index (χ4v) is 3.72. The molecule has 0 radical (unpaired) electrons. The van der Waals surface area contributed by atoms with E-state index in [0.29, 0.717) is 17.8 Å². The van der Waals surface area contributed by atoms with E-state index in [9.17, 15) is 18.0 Å². The molecular formula is C30H28F3N3O3. The van der Waals surface area contributed by atoms with Crippen molar-refractivity contribution < 1.29 is 27.1 Å². The number of anilines is 1. The van der Waals surface area contributed by atoms with Gasteiger partial charge in [-0.2, -0.15) is 13.2 Å². The maximum atomic E-state index is 13.1. The molecule has 4 aromatic rings. The molecule has 0 bridgehead atoms. The average Bonchev–Trinajstić information content (AvgIpc) is 3.33. The Balaban J connectivity index is 1.77.